The van der Waals surface area contributed by atoms with Crippen molar-refractivity contribution in [3.8, 4) is 5.75 Å². The van der Waals surface area contributed by atoms with Crippen LogP contribution in [0.1, 0.15) is 44.6 Å². The maximum atomic E-state index is 5.68. The summed E-state index contributed by atoms with van der Waals surface area (Å²) in [6, 6.07) is 7.93. The molecule has 20 heavy (non-hydrogen) atoms. The van der Waals surface area contributed by atoms with Crippen LogP contribution in [0.2, 0.25) is 0 Å². The van der Waals surface area contributed by atoms with Crippen molar-refractivity contribution in [3.63, 3.8) is 0 Å². The van der Waals surface area contributed by atoms with Crippen LogP contribution in [0.25, 0.3) is 6.08 Å². The van der Waals surface area contributed by atoms with Gasteiger partial charge in [-0.2, -0.15) is 0 Å². The van der Waals surface area contributed by atoms with E-state index in [1.807, 2.05) is 37.3 Å². The number of benzene rings is 1. The summed E-state index contributed by atoms with van der Waals surface area (Å²) in [6.07, 6.45) is 10.3. The van der Waals surface area contributed by atoms with Crippen molar-refractivity contribution in [2.24, 2.45) is 0 Å². The van der Waals surface area contributed by atoms with Gasteiger partial charge in [0.05, 0.1) is 19.0 Å². The van der Waals surface area contributed by atoms with Gasteiger partial charge in [-0.1, -0.05) is 31.4 Å². The van der Waals surface area contributed by atoms with Crippen LogP contribution >= 0.6 is 0 Å². The van der Waals surface area contributed by atoms with Gasteiger partial charge in [0.25, 0.3) is 0 Å². The van der Waals surface area contributed by atoms with Crippen LogP contribution in [-0.2, 0) is 9.47 Å². The van der Waals surface area contributed by atoms with Gasteiger partial charge in [0.2, 0.25) is 0 Å². The third-order valence-electron chi connectivity index (χ3n) is 3.47. The van der Waals surface area contributed by atoms with E-state index in [0.717, 1.165) is 11.3 Å². The summed E-state index contributed by atoms with van der Waals surface area (Å²) >= 11 is 0. The fourth-order valence-electron chi connectivity index (χ4n) is 2.38. The predicted molar refractivity (Wildman–Crippen MR) is 80.6 cm³/mol. The van der Waals surface area contributed by atoms with Crippen LogP contribution in [0.15, 0.2) is 30.5 Å². The van der Waals surface area contributed by atoms with E-state index in [0.29, 0.717) is 19.5 Å². The molecule has 0 radical (unpaired) electrons. The second kappa shape index (κ2) is 8.64. The molecule has 0 bridgehead atoms. The van der Waals surface area contributed by atoms with Crippen molar-refractivity contribution in [1.82, 2.24) is 0 Å². The Morgan fingerprint density at radius 2 is 1.85 bits per heavy atom. The Morgan fingerprint density at radius 1 is 1.10 bits per heavy atom. The Kier molecular flexibility index (Phi) is 6.45. The van der Waals surface area contributed by atoms with Crippen molar-refractivity contribution in [3.05, 3.63) is 36.1 Å². The molecule has 1 saturated carbocycles. The minimum Gasteiger partial charge on any atom is -0.494 e. The standard InChI is InChI=1S/C17H24O3/c1-2-19-17-10-8-15(9-11-17)12-13-18-14-20-16-6-4-3-5-7-16/h8-13,16H,2-7,14H2,1H3. The smallest absolute Gasteiger partial charge is 0.188 e. The van der Waals surface area contributed by atoms with Crippen LogP contribution in [0.4, 0.5) is 0 Å². The van der Waals surface area contributed by atoms with Crippen LogP contribution in [0.5, 0.6) is 5.75 Å². The van der Waals surface area contributed by atoms with Crippen LogP contribution in [-0.4, -0.2) is 19.5 Å². The minimum absolute atomic E-state index is 0.345. The van der Waals surface area contributed by atoms with E-state index in [-0.39, 0.29) is 0 Å². The van der Waals surface area contributed by atoms with Gasteiger partial charge >= 0.3 is 0 Å². The van der Waals surface area contributed by atoms with Gasteiger partial charge in [0.1, 0.15) is 5.75 Å². The lowest BCUT2D eigenvalue weighted by atomic mass is 9.98. The lowest BCUT2D eigenvalue weighted by Gasteiger charge is -2.21. The first-order valence-electron chi connectivity index (χ1n) is 7.51. The lowest BCUT2D eigenvalue weighted by Crippen LogP contribution is -2.17. The molecule has 0 N–H and O–H groups in total. The van der Waals surface area contributed by atoms with E-state index in [2.05, 4.69) is 0 Å². The fraction of sp³-hybridized carbons (Fsp3) is 0.529. The molecule has 0 saturated heterocycles. The quantitative estimate of drug-likeness (QED) is 0.420. The Bertz CT molecular complexity index is 391. The molecule has 0 aromatic heterocycles. The molecule has 1 aliphatic carbocycles. The van der Waals surface area contributed by atoms with Crippen LogP contribution < -0.4 is 4.74 Å². The third-order valence-corrected chi connectivity index (χ3v) is 3.47. The van der Waals surface area contributed by atoms with Gasteiger partial charge in [-0.25, -0.2) is 0 Å². The highest BCUT2D eigenvalue weighted by atomic mass is 16.7. The van der Waals surface area contributed by atoms with Crippen LogP contribution in [0, 0.1) is 0 Å². The van der Waals surface area contributed by atoms with E-state index in [9.17, 15) is 0 Å². The second-order valence-electron chi connectivity index (χ2n) is 5.02. The molecule has 2 rings (SSSR count). The SMILES string of the molecule is CCOc1ccc(C=COCOC2CCCCC2)cc1. The first kappa shape index (κ1) is 14.9. The van der Waals surface area contributed by atoms with Crippen molar-refractivity contribution in [1.29, 1.82) is 0 Å². The Hall–Kier alpha value is -1.48. The van der Waals surface area contributed by atoms with Gasteiger partial charge in [0, 0.05) is 0 Å². The number of hydrogen-bond acceptors (Lipinski definition) is 3. The van der Waals surface area contributed by atoms with Crippen molar-refractivity contribution in [2.45, 2.75) is 45.1 Å². The highest BCUT2D eigenvalue weighted by Gasteiger charge is 2.12. The number of ether oxygens (including phenoxy) is 3. The molecule has 0 amide bonds. The van der Waals surface area contributed by atoms with Crippen molar-refractivity contribution < 1.29 is 14.2 Å². The monoisotopic (exact) mass is 276 g/mol. The summed E-state index contributed by atoms with van der Waals surface area (Å²) in [6.45, 7) is 3.02. The Balaban J connectivity index is 1.65. The molecule has 3 heteroatoms. The highest BCUT2D eigenvalue weighted by Crippen LogP contribution is 2.20. The summed E-state index contributed by atoms with van der Waals surface area (Å²) in [7, 11) is 0. The summed E-state index contributed by atoms with van der Waals surface area (Å²) in [5.74, 6) is 0.895. The zero-order valence-electron chi connectivity index (χ0n) is 12.2. The molecule has 0 atom stereocenters. The molecular weight excluding hydrogens is 252 g/mol. The van der Waals surface area contributed by atoms with E-state index >= 15 is 0 Å². The molecule has 1 fully saturated rings. The van der Waals surface area contributed by atoms with Gasteiger partial charge < -0.3 is 14.2 Å². The molecule has 1 aliphatic rings. The maximum Gasteiger partial charge on any atom is 0.188 e. The Morgan fingerprint density at radius 3 is 2.55 bits per heavy atom. The van der Waals surface area contributed by atoms with Gasteiger partial charge in [-0.3, -0.25) is 0 Å². The summed E-state index contributed by atoms with van der Waals surface area (Å²) in [5, 5.41) is 0. The average molecular weight is 276 g/mol. The lowest BCUT2D eigenvalue weighted by molar-refractivity contribution is -0.0678. The molecular formula is C17H24O3. The normalized spacial score (nSPS) is 16.4. The van der Waals surface area contributed by atoms with Crippen molar-refractivity contribution in [2.75, 3.05) is 13.4 Å². The maximum absolute atomic E-state index is 5.68. The molecule has 3 nitrogen and oxygen atoms in total. The number of rotatable bonds is 7. The second-order valence-corrected chi connectivity index (χ2v) is 5.02. The van der Waals surface area contributed by atoms with Crippen molar-refractivity contribution >= 4 is 6.08 Å². The molecule has 0 heterocycles. The third kappa shape index (κ3) is 5.25. The zero-order chi connectivity index (χ0) is 14.0. The topological polar surface area (TPSA) is 27.7 Å². The fourth-order valence-corrected chi connectivity index (χ4v) is 2.38. The highest BCUT2D eigenvalue weighted by molar-refractivity contribution is 5.49. The van der Waals surface area contributed by atoms with Gasteiger partial charge in [-0.15, -0.1) is 0 Å². The molecule has 0 aliphatic heterocycles. The van der Waals surface area contributed by atoms with E-state index in [4.69, 9.17) is 14.2 Å². The first-order chi connectivity index (χ1) is 9.88. The number of hydrogen-bond donors (Lipinski definition) is 0. The summed E-state index contributed by atoms with van der Waals surface area (Å²) in [4.78, 5) is 0. The van der Waals surface area contributed by atoms with Gasteiger partial charge in [-0.05, 0) is 43.5 Å². The van der Waals surface area contributed by atoms with Gasteiger partial charge in [0.15, 0.2) is 6.79 Å². The molecule has 110 valence electrons. The zero-order valence-corrected chi connectivity index (χ0v) is 12.2. The van der Waals surface area contributed by atoms with E-state index in [1.165, 1.54) is 32.1 Å². The average Bonchev–Trinajstić information content (AvgIpc) is 2.50. The van der Waals surface area contributed by atoms with E-state index < -0.39 is 0 Å². The Labute approximate surface area is 121 Å². The summed E-state index contributed by atoms with van der Waals surface area (Å²) in [5.41, 5.74) is 1.09. The molecule has 1 aromatic rings. The minimum atomic E-state index is 0.345. The summed E-state index contributed by atoms with van der Waals surface area (Å²) < 4.78 is 16.5. The van der Waals surface area contributed by atoms with Crippen LogP contribution in [0.3, 0.4) is 0 Å². The predicted octanol–water partition coefficient (Wildman–Crippen LogP) is 4.38. The van der Waals surface area contributed by atoms with E-state index in [1.54, 1.807) is 6.26 Å². The largest absolute Gasteiger partial charge is 0.494 e. The molecule has 0 unspecified atom stereocenters. The molecule has 1 aromatic carbocycles. The first-order valence-corrected chi connectivity index (χ1v) is 7.51. The molecule has 0 spiro atoms.